The molecule has 208 valence electrons. The van der Waals surface area contributed by atoms with Crippen LogP contribution in [-0.4, -0.2) is 44.3 Å². The quantitative estimate of drug-likeness (QED) is 0.318. The van der Waals surface area contributed by atoms with E-state index in [-0.39, 0.29) is 23.0 Å². The van der Waals surface area contributed by atoms with Crippen LogP contribution in [0.3, 0.4) is 0 Å². The number of anilines is 1. The number of hydrogen-bond acceptors (Lipinski definition) is 4. The number of benzene rings is 3. The van der Waals surface area contributed by atoms with Gasteiger partial charge in [0, 0.05) is 18.1 Å². The van der Waals surface area contributed by atoms with Crippen molar-refractivity contribution < 1.29 is 22.4 Å². The zero-order chi connectivity index (χ0) is 28.6. The van der Waals surface area contributed by atoms with Gasteiger partial charge in [0.2, 0.25) is 11.8 Å². The van der Waals surface area contributed by atoms with Crippen LogP contribution in [-0.2, 0) is 26.2 Å². The molecule has 3 aromatic carbocycles. The van der Waals surface area contributed by atoms with Crippen LogP contribution in [0.25, 0.3) is 0 Å². The highest BCUT2D eigenvalue weighted by Crippen LogP contribution is 2.26. The monoisotopic (exact) mass is 573 g/mol. The van der Waals surface area contributed by atoms with Crippen LogP contribution in [0.1, 0.15) is 37.8 Å². The summed E-state index contributed by atoms with van der Waals surface area (Å²) in [6.07, 6.45) is 1.03. The smallest absolute Gasteiger partial charge is 0.264 e. The van der Waals surface area contributed by atoms with E-state index in [4.69, 9.17) is 11.6 Å². The highest BCUT2D eigenvalue weighted by molar-refractivity contribution is 7.92. The first-order valence-electron chi connectivity index (χ1n) is 12.7. The minimum atomic E-state index is -4.27. The normalized spacial score (nSPS) is 12.0. The Morgan fingerprint density at radius 2 is 1.62 bits per heavy atom. The Hall–Kier alpha value is -3.43. The highest BCUT2D eigenvalue weighted by Gasteiger charge is 2.33. The number of amides is 2. The minimum Gasteiger partial charge on any atom is -0.354 e. The van der Waals surface area contributed by atoms with E-state index < -0.39 is 34.3 Å². The summed E-state index contributed by atoms with van der Waals surface area (Å²) in [6.45, 7) is 5.45. The summed E-state index contributed by atoms with van der Waals surface area (Å²) in [6, 6.07) is 17.2. The van der Waals surface area contributed by atoms with Crippen molar-refractivity contribution in [3.63, 3.8) is 0 Å². The Balaban J connectivity index is 2.05. The molecule has 3 rings (SSSR count). The van der Waals surface area contributed by atoms with E-state index in [0.717, 1.165) is 40.6 Å². The maximum atomic E-state index is 14.0. The van der Waals surface area contributed by atoms with E-state index in [1.165, 1.54) is 4.90 Å². The van der Waals surface area contributed by atoms with Crippen LogP contribution >= 0.6 is 11.6 Å². The third kappa shape index (κ3) is 7.58. The molecule has 39 heavy (non-hydrogen) atoms. The molecule has 0 aliphatic heterocycles. The van der Waals surface area contributed by atoms with Gasteiger partial charge in [-0.3, -0.25) is 13.9 Å². The number of halogens is 2. The molecule has 0 saturated carbocycles. The standard InChI is InChI=1S/C29H33ClFN3O4S/c1-4-18-32-29(36)27(5-2)33(19-22-8-6-7-9-26(22)30)28(35)20-34(24-14-10-21(3)11-15-24)39(37,38)25-16-12-23(31)13-17-25/h6-17,27H,4-5,18-20H2,1-3H3,(H,32,36). The van der Waals surface area contributed by atoms with E-state index in [9.17, 15) is 22.4 Å². The van der Waals surface area contributed by atoms with Gasteiger partial charge in [-0.05, 0) is 67.8 Å². The zero-order valence-electron chi connectivity index (χ0n) is 22.2. The molecule has 0 bridgehead atoms. The average molecular weight is 574 g/mol. The molecule has 3 aromatic rings. The van der Waals surface area contributed by atoms with Crippen LogP contribution in [0.15, 0.2) is 77.7 Å². The molecule has 0 aromatic heterocycles. The lowest BCUT2D eigenvalue weighted by Gasteiger charge is -2.33. The number of nitrogens with one attached hydrogen (secondary N) is 1. The Kier molecular flexibility index (Phi) is 10.5. The van der Waals surface area contributed by atoms with Crippen LogP contribution in [0.5, 0.6) is 0 Å². The second-order valence-electron chi connectivity index (χ2n) is 9.13. The van der Waals surface area contributed by atoms with Crippen molar-refractivity contribution in [2.45, 2.75) is 51.1 Å². The molecule has 0 aliphatic carbocycles. The second kappa shape index (κ2) is 13.6. The fourth-order valence-electron chi connectivity index (χ4n) is 4.07. The van der Waals surface area contributed by atoms with Crippen LogP contribution < -0.4 is 9.62 Å². The largest absolute Gasteiger partial charge is 0.354 e. The lowest BCUT2D eigenvalue weighted by Crippen LogP contribution is -2.52. The fourth-order valence-corrected chi connectivity index (χ4v) is 5.68. The summed E-state index contributed by atoms with van der Waals surface area (Å²) in [5.41, 5.74) is 1.79. The molecule has 1 atom stereocenters. The van der Waals surface area contributed by atoms with Gasteiger partial charge in [-0.1, -0.05) is 61.3 Å². The molecule has 7 nitrogen and oxygen atoms in total. The van der Waals surface area contributed by atoms with E-state index in [1.54, 1.807) is 55.5 Å². The maximum Gasteiger partial charge on any atom is 0.264 e. The summed E-state index contributed by atoms with van der Waals surface area (Å²) >= 11 is 6.39. The van der Waals surface area contributed by atoms with Gasteiger partial charge in [-0.15, -0.1) is 0 Å². The molecular weight excluding hydrogens is 541 g/mol. The van der Waals surface area contributed by atoms with Crippen molar-refractivity contribution in [1.82, 2.24) is 10.2 Å². The minimum absolute atomic E-state index is 0.00882. The van der Waals surface area contributed by atoms with Gasteiger partial charge >= 0.3 is 0 Å². The summed E-state index contributed by atoms with van der Waals surface area (Å²) in [4.78, 5) is 28.3. The van der Waals surface area contributed by atoms with Crippen molar-refractivity contribution >= 4 is 39.1 Å². The van der Waals surface area contributed by atoms with Gasteiger partial charge in [0.1, 0.15) is 18.4 Å². The van der Waals surface area contributed by atoms with E-state index >= 15 is 0 Å². The Bertz CT molecular complexity index is 1380. The lowest BCUT2D eigenvalue weighted by molar-refractivity contribution is -0.140. The molecule has 1 N–H and O–H groups in total. The van der Waals surface area contributed by atoms with Crippen LogP contribution in [0, 0.1) is 12.7 Å². The van der Waals surface area contributed by atoms with Gasteiger partial charge in [-0.25, -0.2) is 12.8 Å². The number of sulfonamides is 1. The van der Waals surface area contributed by atoms with Gasteiger partial charge in [0.05, 0.1) is 10.6 Å². The van der Waals surface area contributed by atoms with E-state index in [2.05, 4.69) is 5.32 Å². The first kappa shape index (κ1) is 30.1. The predicted octanol–water partition coefficient (Wildman–Crippen LogP) is 5.32. The number of nitrogens with zero attached hydrogens (tertiary/aromatic N) is 2. The molecule has 0 fully saturated rings. The zero-order valence-corrected chi connectivity index (χ0v) is 23.8. The molecule has 0 heterocycles. The Labute approximate surface area is 234 Å². The third-order valence-electron chi connectivity index (χ3n) is 6.24. The van der Waals surface area contributed by atoms with E-state index in [0.29, 0.717) is 23.6 Å². The SMILES string of the molecule is CCCNC(=O)C(CC)N(Cc1ccccc1Cl)C(=O)CN(c1ccc(C)cc1)S(=O)(=O)c1ccc(F)cc1. The van der Waals surface area contributed by atoms with Gasteiger partial charge in [0.25, 0.3) is 10.0 Å². The Morgan fingerprint density at radius 3 is 2.21 bits per heavy atom. The van der Waals surface area contributed by atoms with E-state index in [1.807, 2.05) is 13.8 Å². The highest BCUT2D eigenvalue weighted by atomic mass is 35.5. The molecule has 2 amide bonds. The molecule has 0 spiro atoms. The summed E-state index contributed by atoms with van der Waals surface area (Å²) in [5.74, 6) is -1.50. The molecular formula is C29H33ClFN3O4S. The topological polar surface area (TPSA) is 86.8 Å². The van der Waals surface area contributed by atoms with Crippen molar-refractivity contribution in [1.29, 1.82) is 0 Å². The van der Waals surface area contributed by atoms with Crippen molar-refractivity contribution in [2.75, 3.05) is 17.4 Å². The van der Waals surface area contributed by atoms with Gasteiger partial charge in [0.15, 0.2) is 0 Å². The Morgan fingerprint density at radius 1 is 0.974 bits per heavy atom. The van der Waals surface area contributed by atoms with Crippen LogP contribution in [0.2, 0.25) is 5.02 Å². The summed E-state index contributed by atoms with van der Waals surface area (Å²) in [7, 11) is -4.27. The summed E-state index contributed by atoms with van der Waals surface area (Å²) in [5, 5.41) is 3.26. The van der Waals surface area contributed by atoms with Gasteiger partial charge < -0.3 is 10.2 Å². The van der Waals surface area contributed by atoms with Crippen LogP contribution in [0.4, 0.5) is 10.1 Å². The molecule has 10 heteroatoms. The van der Waals surface area contributed by atoms with Crippen molar-refractivity contribution in [2.24, 2.45) is 0 Å². The number of carbonyl (C=O) groups is 2. The second-order valence-corrected chi connectivity index (χ2v) is 11.4. The molecule has 0 radical (unpaired) electrons. The number of aryl methyl sites for hydroxylation is 1. The maximum absolute atomic E-state index is 14.0. The predicted molar refractivity (Wildman–Crippen MR) is 151 cm³/mol. The average Bonchev–Trinajstić information content (AvgIpc) is 2.92. The number of carbonyl (C=O) groups excluding carboxylic acids is 2. The molecule has 0 saturated heterocycles. The lowest BCUT2D eigenvalue weighted by atomic mass is 10.1. The third-order valence-corrected chi connectivity index (χ3v) is 8.39. The van der Waals surface area contributed by atoms with Gasteiger partial charge in [-0.2, -0.15) is 0 Å². The number of hydrogen-bond donors (Lipinski definition) is 1. The molecule has 1 unspecified atom stereocenters. The first-order valence-corrected chi connectivity index (χ1v) is 14.6. The van der Waals surface area contributed by atoms with Crippen molar-refractivity contribution in [3.8, 4) is 0 Å². The number of rotatable bonds is 12. The fraction of sp³-hybridized carbons (Fsp3) is 0.310. The van der Waals surface area contributed by atoms with Crippen molar-refractivity contribution in [3.05, 3.63) is 94.8 Å². The summed E-state index contributed by atoms with van der Waals surface area (Å²) < 4.78 is 42.1. The first-order chi connectivity index (χ1) is 18.6. The molecule has 0 aliphatic rings.